The highest BCUT2D eigenvalue weighted by molar-refractivity contribution is 7.87. The van der Waals surface area contributed by atoms with Crippen molar-refractivity contribution < 1.29 is 49.6 Å². The molecule has 4 rings (SSSR count). The van der Waals surface area contributed by atoms with Crippen molar-refractivity contribution in [2.24, 2.45) is 0 Å². The summed E-state index contributed by atoms with van der Waals surface area (Å²) in [5.74, 6) is -1.76. The molecule has 15 heteroatoms. The number of nitrogens with zero attached hydrogens (tertiary/aromatic N) is 2. The maximum absolute atomic E-state index is 13.8. The molecular formula is C27H31F3N2O8SSi. The quantitative estimate of drug-likeness (QED) is 0.150. The molecule has 2 aliphatic heterocycles. The number of carbonyl (C=O) groups is 2. The lowest BCUT2D eigenvalue weighted by Crippen LogP contribution is -2.45. The van der Waals surface area contributed by atoms with Crippen molar-refractivity contribution in [1.82, 2.24) is 4.90 Å². The number of fused-ring (bicyclic) bond motifs is 2. The first-order valence-electron chi connectivity index (χ1n) is 12.9. The van der Waals surface area contributed by atoms with Gasteiger partial charge in [0.15, 0.2) is 11.5 Å². The SMILES string of the molecule is COc1cc2c(cc1OCc1ccccc1)N(COCC[Si](C)(C)C)C(=O)C1CC(OS(=O)(=O)C(F)(F)F)=CN1C2=O. The van der Waals surface area contributed by atoms with Crippen LogP contribution in [0.2, 0.25) is 25.7 Å². The molecule has 2 heterocycles. The van der Waals surface area contributed by atoms with E-state index in [4.69, 9.17) is 14.2 Å². The highest BCUT2D eigenvalue weighted by Gasteiger charge is 2.51. The van der Waals surface area contributed by atoms with Gasteiger partial charge in [-0.3, -0.25) is 19.4 Å². The van der Waals surface area contributed by atoms with Crippen molar-refractivity contribution in [3.63, 3.8) is 0 Å². The summed E-state index contributed by atoms with van der Waals surface area (Å²) in [5, 5.41) is 0. The maximum atomic E-state index is 13.8. The average Bonchev–Trinajstić information content (AvgIpc) is 3.30. The Morgan fingerprint density at radius 2 is 1.74 bits per heavy atom. The van der Waals surface area contributed by atoms with E-state index in [1.807, 2.05) is 30.3 Å². The van der Waals surface area contributed by atoms with Gasteiger partial charge >= 0.3 is 15.6 Å². The Morgan fingerprint density at radius 1 is 1.05 bits per heavy atom. The molecular weight excluding hydrogens is 597 g/mol. The van der Waals surface area contributed by atoms with Gasteiger partial charge in [0.2, 0.25) is 0 Å². The zero-order valence-corrected chi connectivity index (χ0v) is 25.3. The van der Waals surface area contributed by atoms with Crippen molar-refractivity contribution in [2.45, 2.75) is 50.3 Å². The van der Waals surface area contributed by atoms with Gasteiger partial charge in [0.25, 0.3) is 11.8 Å². The lowest BCUT2D eigenvalue weighted by Gasteiger charge is -2.26. The van der Waals surface area contributed by atoms with Crippen LogP contribution in [0, 0.1) is 0 Å². The van der Waals surface area contributed by atoms with Crippen molar-refractivity contribution in [1.29, 1.82) is 0 Å². The number of hydrogen-bond acceptors (Lipinski definition) is 8. The van der Waals surface area contributed by atoms with Gasteiger partial charge in [0, 0.05) is 33.4 Å². The number of benzene rings is 2. The highest BCUT2D eigenvalue weighted by atomic mass is 32.2. The van der Waals surface area contributed by atoms with Crippen LogP contribution in [0.1, 0.15) is 22.3 Å². The molecule has 0 spiro atoms. The molecule has 2 amide bonds. The molecule has 1 atom stereocenters. The minimum absolute atomic E-state index is 0.0280. The molecule has 0 aliphatic carbocycles. The van der Waals surface area contributed by atoms with E-state index in [2.05, 4.69) is 23.8 Å². The summed E-state index contributed by atoms with van der Waals surface area (Å²) in [7, 11) is -6.13. The Balaban J connectivity index is 1.72. The first kappa shape index (κ1) is 31.4. The minimum atomic E-state index is -6.01. The summed E-state index contributed by atoms with van der Waals surface area (Å²) >= 11 is 0. The zero-order valence-electron chi connectivity index (χ0n) is 23.4. The van der Waals surface area contributed by atoms with Crippen LogP contribution in [-0.4, -0.2) is 65.2 Å². The van der Waals surface area contributed by atoms with Crippen molar-refractivity contribution in [2.75, 3.05) is 25.3 Å². The van der Waals surface area contributed by atoms with E-state index in [0.29, 0.717) is 6.61 Å². The Kier molecular flexibility index (Phi) is 8.94. The van der Waals surface area contributed by atoms with Crippen molar-refractivity contribution in [3.8, 4) is 11.5 Å². The summed E-state index contributed by atoms with van der Waals surface area (Å²) in [5.41, 5.74) is -4.70. The number of halogens is 3. The second-order valence-electron chi connectivity index (χ2n) is 10.9. The van der Waals surface area contributed by atoms with Gasteiger partial charge in [-0.05, 0) is 17.7 Å². The largest absolute Gasteiger partial charge is 0.534 e. The Bertz CT molecular complexity index is 1480. The topological polar surface area (TPSA) is 112 Å². The van der Waals surface area contributed by atoms with E-state index in [1.54, 1.807) is 0 Å². The molecule has 2 aromatic carbocycles. The van der Waals surface area contributed by atoms with Gasteiger partial charge in [-0.25, -0.2) is 0 Å². The van der Waals surface area contributed by atoms with Gasteiger partial charge in [0.05, 0.1) is 18.4 Å². The molecule has 2 aromatic rings. The van der Waals surface area contributed by atoms with Crippen LogP contribution in [0.4, 0.5) is 18.9 Å². The Morgan fingerprint density at radius 3 is 2.36 bits per heavy atom. The van der Waals surface area contributed by atoms with E-state index in [-0.39, 0.29) is 36.1 Å². The fourth-order valence-corrected chi connectivity index (χ4v) is 5.54. The average molecular weight is 629 g/mol. The summed E-state index contributed by atoms with van der Waals surface area (Å²) in [6.45, 7) is 6.70. The molecule has 0 saturated heterocycles. The molecule has 0 fully saturated rings. The molecule has 1 unspecified atom stereocenters. The highest BCUT2D eigenvalue weighted by Crippen LogP contribution is 2.41. The van der Waals surface area contributed by atoms with Crippen LogP contribution in [0.5, 0.6) is 11.5 Å². The fraction of sp³-hybridized carbons (Fsp3) is 0.407. The number of amides is 2. The van der Waals surface area contributed by atoms with Crippen LogP contribution in [0.25, 0.3) is 0 Å². The number of methoxy groups -OCH3 is 1. The molecule has 0 saturated carbocycles. The number of ether oxygens (including phenoxy) is 3. The second kappa shape index (κ2) is 12.0. The van der Waals surface area contributed by atoms with Gasteiger partial charge in [-0.1, -0.05) is 50.0 Å². The van der Waals surface area contributed by atoms with Gasteiger partial charge < -0.3 is 18.4 Å². The minimum Gasteiger partial charge on any atom is -0.493 e. The molecule has 0 aromatic heterocycles. The summed E-state index contributed by atoms with van der Waals surface area (Å²) in [6, 6.07) is 11.5. The third kappa shape index (κ3) is 6.90. The Hall–Kier alpha value is -3.56. The van der Waals surface area contributed by atoms with E-state index in [0.717, 1.165) is 22.7 Å². The van der Waals surface area contributed by atoms with Crippen LogP contribution in [-0.2, 0) is 30.4 Å². The van der Waals surface area contributed by atoms with Crippen LogP contribution < -0.4 is 14.4 Å². The predicted molar refractivity (Wildman–Crippen MR) is 149 cm³/mol. The molecule has 228 valence electrons. The molecule has 0 bridgehead atoms. The fourth-order valence-electron chi connectivity index (χ4n) is 4.29. The van der Waals surface area contributed by atoms with Gasteiger partial charge in [-0.15, -0.1) is 0 Å². The molecule has 10 nitrogen and oxygen atoms in total. The summed E-state index contributed by atoms with van der Waals surface area (Å²) in [6.07, 6.45) is 0.216. The van der Waals surface area contributed by atoms with Crippen LogP contribution in [0.3, 0.4) is 0 Å². The number of alkyl halides is 3. The van der Waals surface area contributed by atoms with Crippen LogP contribution in [0.15, 0.2) is 54.4 Å². The second-order valence-corrected chi connectivity index (χ2v) is 18.1. The van der Waals surface area contributed by atoms with E-state index in [9.17, 15) is 31.2 Å². The molecule has 0 N–H and O–H groups in total. The zero-order chi connectivity index (χ0) is 30.9. The van der Waals surface area contributed by atoms with Crippen molar-refractivity contribution in [3.05, 3.63) is 65.6 Å². The summed E-state index contributed by atoms with van der Waals surface area (Å²) < 4.78 is 83.6. The lowest BCUT2D eigenvalue weighted by atomic mass is 10.1. The third-order valence-corrected chi connectivity index (χ3v) is 9.26. The molecule has 42 heavy (non-hydrogen) atoms. The Labute approximate surface area is 242 Å². The van der Waals surface area contributed by atoms with E-state index >= 15 is 0 Å². The number of carbonyl (C=O) groups excluding carboxylic acids is 2. The number of anilines is 1. The summed E-state index contributed by atoms with van der Waals surface area (Å²) in [4.78, 5) is 29.6. The van der Waals surface area contributed by atoms with Gasteiger partial charge in [-0.2, -0.15) is 21.6 Å². The smallest absolute Gasteiger partial charge is 0.493 e. The first-order valence-corrected chi connectivity index (χ1v) is 18.0. The van der Waals surface area contributed by atoms with Gasteiger partial charge in [0.1, 0.15) is 25.1 Å². The molecule has 2 aliphatic rings. The van der Waals surface area contributed by atoms with Crippen molar-refractivity contribution >= 4 is 35.7 Å². The monoisotopic (exact) mass is 628 g/mol. The predicted octanol–water partition coefficient (Wildman–Crippen LogP) is 4.86. The lowest BCUT2D eigenvalue weighted by molar-refractivity contribution is -0.123. The van der Waals surface area contributed by atoms with E-state index < -0.39 is 53.7 Å². The molecule has 0 radical (unpaired) electrons. The first-order chi connectivity index (χ1) is 19.6. The normalized spacial score (nSPS) is 17.4. The third-order valence-electron chi connectivity index (χ3n) is 6.56. The number of rotatable bonds is 11. The standard InChI is InChI=1S/C27H31F3N2O8SSi/c1-37-23-13-20-21(14-24(23)39-16-18-8-6-5-7-9-18)32(17-38-10-11-42(2,3)4)26(34)22-12-19(15-31(22)25(20)33)40-41(35,36)27(28,29)30/h5-9,13-15,22H,10-12,16-17H2,1-4H3. The maximum Gasteiger partial charge on any atom is 0.534 e. The van der Waals surface area contributed by atoms with E-state index in [1.165, 1.54) is 24.1 Å². The number of hydrogen-bond donors (Lipinski definition) is 0. The van der Waals surface area contributed by atoms with Crippen LogP contribution >= 0.6 is 0 Å².